The summed E-state index contributed by atoms with van der Waals surface area (Å²) in [6.07, 6.45) is 0. The van der Waals surface area contributed by atoms with Gasteiger partial charge in [0.25, 0.3) is 0 Å². The summed E-state index contributed by atoms with van der Waals surface area (Å²) in [6.45, 7) is 13.3. The third-order valence-electron chi connectivity index (χ3n) is 3.67. The molecule has 0 aliphatic heterocycles. The van der Waals surface area contributed by atoms with Crippen molar-refractivity contribution in [3.05, 3.63) is 24.0 Å². The monoisotopic (exact) mass is 410 g/mol. The van der Waals surface area contributed by atoms with Gasteiger partial charge < -0.3 is 4.74 Å². The fourth-order valence-electron chi connectivity index (χ4n) is 1.87. The van der Waals surface area contributed by atoms with E-state index < -0.39 is 35.0 Å². The lowest BCUT2D eigenvalue weighted by atomic mass is 10.3. The Bertz CT molecular complexity index is 812. The second-order valence-corrected chi connectivity index (χ2v) is 14.1. The second-order valence-electron chi connectivity index (χ2n) is 8.15. The lowest BCUT2D eigenvalue weighted by molar-refractivity contribution is 0.409. The van der Waals surface area contributed by atoms with Gasteiger partial charge in [0, 0.05) is 6.07 Å². The largest absolute Gasteiger partial charge is 0.497 e. The quantitative estimate of drug-likeness (QED) is 0.752. The van der Waals surface area contributed by atoms with Gasteiger partial charge in [-0.2, -0.15) is 0 Å². The van der Waals surface area contributed by atoms with Gasteiger partial charge in [-0.05, 0) is 67.5 Å². The minimum Gasteiger partial charge on any atom is -0.497 e. The van der Waals surface area contributed by atoms with Crippen LogP contribution in [0.5, 0.6) is 5.75 Å². The molecule has 0 aliphatic rings. The molecule has 0 unspecified atom stereocenters. The number of rotatable bonds is 3. The second kappa shape index (κ2) is 8.25. The summed E-state index contributed by atoms with van der Waals surface area (Å²) in [6, 6.07) is 3.47. The van der Waals surface area contributed by atoms with Crippen molar-refractivity contribution in [2.75, 3.05) is 7.11 Å². The van der Waals surface area contributed by atoms with E-state index in [0.717, 1.165) is 12.1 Å². The number of hydrogen-bond donors (Lipinski definition) is 0. The number of benzene rings is 1. The molecule has 1 rings (SSSR count). The maximum Gasteiger partial charge on any atom is 0.183 e. The average Bonchev–Trinajstić information content (AvgIpc) is 2.44. The number of hydrogen-bond acceptors (Lipinski definition) is 5. The van der Waals surface area contributed by atoms with Crippen LogP contribution in [0.15, 0.2) is 23.1 Å². The summed E-state index contributed by atoms with van der Waals surface area (Å²) < 4.78 is 63.3. The summed E-state index contributed by atoms with van der Waals surface area (Å²) >= 11 is 0. The first-order valence-corrected chi connectivity index (χ1v) is 11.2. The van der Waals surface area contributed by atoms with Crippen molar-refractivity contribution in [2.24, 2.45) is 0 Å². The molecule has 0 bridgehead atoms. The number of methoxy groups -OCH3 is 1. The van der Waals surface area contributed by atoms with E-state index in [1.165, 1.54) is 13.2 Å². The molecule has 8 heteroatoms. The van der Waals surface area contributed by atoms with Crippen LogP contribution in [0.1, 0.15) is 55.4 Å². The van der Waals surface area contributed by atoms with E-state index in [1.54, 1.807) is 55.4 Å². The maximum absolute atomic E-state index is 13.2. The molecule has 1 aromatic carbocycles. The molecule has 0 spiro atoms. The van der Waals surface area contributed by atoms with E-state index in [2.05, 4.69) is 0 Å². The van der Waals surface area contributed by atoms with Crippen molar-refractivity contribution in [2.45, 2.75) is 75.0 Å². The van der Waals surface area contributed by atoms with Gasteiger partial charge in [0.05, 0.1) is 26.7 Å². The standard InChI is InChI=1S/C11H15FO3S.C7H16O2S/c1-11(2,3)16(13,14)10-6-8(12)5-9(7-10)15-4;1-6(2)10(8,9)7(3,4)5/h5-7H,1-4H3;6H,1-5H3. The van der Waals surface area contributed by atoms with Crippen LogP contribution in [0.2, 0.25) is 0 Å². The van der Waals surface area contributed by atoms with Gasteiger partial charge in [0.15, 0.2) is 19.7 Å². The molecule has 0 fully saturated rings. The molecule has 0 N–H and O–H groups in total. The average molecular weight is 411 g/mol. The van der Waals surface area contributed by atoms with Crippen molar-refractivity contribution < 1.29 is 26.0 Å². The third-order valence-corrected chi connectivity index (χ3v) is 9.09. The topological polar surface area (TPSA) is 77.5 Å². The zero-order chi connectivity index (χ0) is 21.1. The molecule has 0 heterocycles. The van der Waals surface area contributed by atoms with E-state index >= 15 is 0 Å². The Morgan fingerprint density at radius 2 is 1.35 bits per heavy atom. The van der Waals surface area contributed by atoms with E-state index in [1.807, 2.05) is 0 Å². The van der Waals surface area contributed by atoms with Crippen molar-refractivity contribution >= 4 is 19.7 Å². The van der Waals surface area contributed by atoms with Crippen molar-refractivity contribution in [3.8, 4) is 5.75 Å². The Morgan fingerprint density at radius 1 is 0.885 bits per heavy atom. The van der Waals surface area contributed by atoms with Crippen LogP contribution < -0.4 is 4.74 Å². The zero-order valence-electron chi connectivity index (χ0n) is 17.0. The normalized spacial score (nSPS) is 13.2. The van der Waals surface area contributed by atoms with Crippen LogP contribution in [0.4, 0.5) is 4.39 Å². The van der Waals surface area contributed by atoms with Gasteiger partial charge >= 0.3 is 0 Å². The number of ether oxygens (including phenoxy) is 1. The van der Waals surface area contributed by atoms with E-state index in [-0.39, 0.29) is 15.9 Å². The Labute approximate surface area is 157 Å². The highest BCUT2D eigenvalue weighted by Gasteiger charge is 2.32. The summed E-state index contributed by atoms with van der Waals surface area (Å²) in [4.78, 5) is -0.0585. The highest BCUT2D eigenvalue weighted by molar-refractivity contribution is 7.93. The van der Waals surface area contributed by atoms with Crippen molar-refractivity contribution in [3.63, 3.8) is 0 Å². The van der Waals surface area contributed by atoms with Gasteiger partial charge in [-0.25, -0.2) is 21.2 Å². The van der Waals surface area contributed by atoms with Gasteiger partial charge in [0.1, 0.15) is 11.6 Å². The van der Waals surface area contributed by atoms with Crippen molar-refractivity contribution in [1.82, 2.24) is 0 Å². The molecular formula is C18H31FO5S2. The van der Waals surface area contributed by atoms with E-state index in [9.17, 15) is 21.2 Å². The van der Waals surface area contributed by atoms with Crippen LogP contribution in [-0.2, 0) is 19.7 Å². The molecule has 0 radical (unpaired) electrons. The lowest BCUT2D eigenvalue weighted by Crippen LogP contribution is -2.34. The first kappa shape index (κ1) is 24.8. The Kier molecular flexibility index (Phi) is 7.89. The fraction of sp³-hybridized carbons (Fsp3) is 0.667. The maximum atomic E-state index is 13.2. The molecule has 26 heavy (non-hydrogen) atoms. The molecule has 0 saturated carbocycles. The molecule has 0 aromatic heterocycles. The fourth-order valence-corrected chi connectivity index (χ4v) is 4.53. The van der Waals surface area contributed by atoms with Crippen LogP contribution in [-0.4, -0.2) is 38.7 Å². The van der Waals surface area contributed by atoms with Crippen LogP contribution >= 0.6 is 0 Å². The van der Waals surface area contributed by atoms with Crippen LogP contribution in [0.3, 0.4) is 0 Å². The molecular weight excluding hydrogens is 379 g/mol. The Balaban J connectivity index is 0.000000541. The van der Waals surface area contributed by atoms with E-state index in [4.69, 9.17) is 4.74 Å². The predicted octanol–water partition coefficient (Wildman–Crippen LogP) is 4.01. The van der Waals surface area contributed by atoms with Gasteiger partial charge in [-0.3, -0.25) is 0 Å². The SMILES string of the molecule is CC(C)S(=O)(=O)C(C)(C)C.COc1cc(F)cc(S(=O)(=O)C(C)(C)C)c1. The van der Waals surface area contributed by atoms with Gasteiger partial charge in [0.2, 0.25) is 0 Å². The Morgan fingerprint density at radius 3 is 1.62 bits per heavy atom. The molecule has 0 aliphatic carbocycles. The first-order chi connectivity index (χ1) is 11.4. The molecule has 0 atom stereocenters. The van der Waals surface area contributed by atoms with Crippen molar-refractivity contribution in [1.29, 1.82) is 0 Å². The summed E-state index contributed by atoms with van der Waals surface area (Å²) in [5.74, 6) is -0.426. The van der Waals surface area contributed by atoms with Gasteiger partial charge in [-0.15, -0.1) is 0 Å². The molecule has 152 valence electrons. The summed E-state index contributed by atoms with van der Waals surface area (Å²) in [5, 5.41) is -0.271. The highest BCUT2D eigenvalue weighted by atomic mass is 32.2. The summed E-state index contributed by atoms with van der Waals surface area (Å²) in [7, 11) is -5.10. The van der Waals surface area contributed by atoms with Crippen LogP contribution in [0, 0.1) is 5.82 Å². The lowest BCUT2D eigenvalue weighted by Gasteiger charge is -2.21. The zero-order valence-corrected chi connectivity index (χ0v) is 18.7. The predicted molar refractivity (Wildman–Crippen MR) is 104 cm³/mol. The summed E-state index contributed by atoms with van der Waals surface area (Å²) in [5.41, 5.74) is 0. The molecule has 1 aromatic rings. The molecule has 0 saturated heterocycles. The minimum atomic E-state index is -3.55. The minimum absolute atomic E-state index is 0.0585. The van der Waals surface area contributed by atoms with Gasteiger partial charge in [-0.1, -0.05) is 0 Å². The smallest absolute Gasteiger partial charge is 0.183 e. The molecule has 0 amide bonds. The van der Waals surface area contributed by atoms with E-state index in [0.29, 0.717) is 0 Å². The number of halogens is 1. The third kappa shape index (κ3) is 5.94. The highest BCUT2D eigenvalue weighted by Crippen LogP contribution is 2.28. The Hall–Kier alpha value is -1.15. The first-order valence-electron chi connectivity index (χ1n) is 8.20. The molecule has 5 nitrogen and oxygen atoms in total. The number of sulfone groups is 2. The van der Waals surface area contributed by atoms with Crippen LogP contribution in [0.25, 0.3) is 0 Å².